The van der Waals surface area contributed by atoms with Crippen molar-refractivity contribution in [2.75, 3.05) is 0 Å². The molecule has 4 atom stereocenters. The summed E-state index contributed by atoms with van der Waals surface area (Å²) in [7, 11) is 0. The minimum absolute atomic E-state index is 0.0864. The molecule has 2 rings (SSSR count). The van der Waals surface area contributed by atoms with Gasteiger partial charge in [-0.05, 0) is 19.3 Å². The maximum Gasteiger partial charge on any atom is 0.333 e. The molecule has 1 saturated carbocycles. The van der Waals surface area contributed by atoms with Crippen molar-refractivity contribution in [3.05, 3.63) is 11.6 Å². The molecule has 3 nitrogen and oxygen atoms in total. The average Bonchev–Trinajstić information content (AvgIpc) is 2.41. The van der Waals surface area contributed by atoms with Crippen LogP contribution in [-0.4, -0.2) is 23.3 Å². The minimum Gasteiger partial charge on any atom is -0.458 e. The lowest BCUT2D eigenvalue weighted by Crippen LogP contribution is -2.36. The molecule has 84 valence electrons. The summed E-state index contributed by atoms with van der Waals surface area (Å²) in [5, 5.41) is 9.94. The third-order valence-corrected chi connectivity index (χ3v) is 3.56. The van der Waals surface area contributed by atoms with Crippen molar-refractivity contribution < 1.29 is 14.6 Å². The molecular weight excluding hydrogens is 192 g/mol. The third kappa shape index (κ3) is 1.69. The van der Waals surface area contributed by atoms with E-state index in [1.165, 1.54) is 0 Å². The number of ether oxygens (including phenoxy) is 1. The monoisotopic (exact) mass is 210 g/mol. The molecule has 0 saturated heterocycles. The van der Waals surface area contributed by atoms with Crippen LogP contribution in [0.2, 0.25) is 0 Å². The van der Waals surface area contributed by atoms with Crippen LogP contribution in [-0.2, 0) is 9.53 Å². The molecule has 0 unspecified atom stereocenters. The highest BCUT2D eigenvalue weighted by molar-refractivity contribution is 5.88. The molecule has 1 heterocycles. The number of aliphatic hydroxyl groups is 1. The first-order chi connectivity index (χ1) is 7.00. The maximum atomic E-state index is 11.4. The Kier molecular flexibility index (Phi) is 2.59. The van der Waals surface area contributed by atoms with Crippen LogP contribution in [0.15, 0.2) is 11.6 Å². The topological polar surface area (TPSA) is 46.5 Å². The van der Waals surface area contributed by atoms with Gasteiger partial charge >= 0.3 is 5.97 Å². The summed E-state index contributed by atoms with van der Waals surface area (Å²) >= 11 is 0. The summed E-state index contributed by atoms with van der Waals surface area (Å²) in [4.78, 5) is 11.4. The van der Waals surface area contributed by atoms with E-state index in [0.29, 0.717) is 11.5 Å². The van der Waals surface area contributed by atoms with Gasteiger partial charge in [-0.3, -0.25) is 0 Å². The molecule has 1 aliphatic heterocycles. The Balaban J connectivity index is 2.25. The van der Waals surface area contributed by atoms with E-state index in [9.17, 15) is 9.90 Å². The fraction of sp³-hybridized carbons (Fsp3) is 0.750. The highest BCUT2D eigenvalue weighted by Crippen LogP contribution is 2.41. The molecule has 3 heteroatoms. The van der Waals surface area contributed by atoms with Gasteiger partial charge in [0.1, 0.15) is 6.10 Å². The van der Waals surface area contributed by atoms with E-state index in [1.54, 1.807) is 6.92 Å². The summed E-state index contributed by atoms with van der Waals surface area (Å²) in [5.74, 6) is 0.416. The number of carbonyl (C=O) groups is 1. The lowest BCUT2D eigenvalue weighted by molar-refractivity contribution is -0.151. The molecule has 2 aliphatic rings. The standard InChI is InChI=1S/C12H18O3/c1-6(2)10-9(13)5-8-4-7(3)12(14)15-11(8)10/h4,6,8-11,13H,5H2,1-3H3/t8-,9+,10-,11-/m0/s1. The zero-order valence-electron chi connectivity index (χ0n) is 9.43. The van der Waals surface area contributed by atoms with E-state index in [0.717, 1.165) is 6.42 Å². The summed E-state index contributed by atoms with van der Waals surface area (Å²) < 4.78 is 5.40. The zero-order chi connectivity index (χ0) is 11.2. The van der Waals surface area contributed by atoms with Gasteiger partial charge in [0, 0.05) is 17.4 Å². The van der Waals surface area contributed by atoms with E-state index in [1.807, 2.05) is 6.08 Å². The average molecular weight is 210 g/mol. The van der Waals surface area contributed by atoms with Crippen LogP contribution in [0, 0.1) is 17.8 Å². The molecule has 0 amide bonds. The lowest BCUT2D eigenvalue weighted by Gasteiger charge is -2.30. The van der Waals surface area contributed by atoms with Crippen LogP contribution < -0.4 is 0 Å². The number of aliphatic hydroxyl groups excluding tert-OH is 1. The molecule has 15 heavy (non-hydrogen) atoms. The van der Waals surface area contributed by atoms with E-state index in [4.69, 9.17) is 4.74 Å². The van der Waals surface area contributed by atoms with Crippen LogP contribution in [0.4, 0.5) is 0 Å². The van der Waals surface area contributed by atoms with Crippen LogP contribution in [0.1, 0.15) is 27.2 Å². The van der Waals surface area contributed by atoms with Crippen molar-refractivity contribution >= 4 is 5.97 Å². The number of carbonyl (C=O) groups excluding carboxylic acids is 1. The molecule has 0 bridgehead atoms. The number of fused-ring (bicyclic) bond motifs is 1. The van der Waals surface area contributed by atoms with Gasteiger partial charge in [-0.2, -0.15) is 0 Å². The fourth-order valence-electron chi connectivity index (χ4n) is 2.83. The van der Waals surface area contributed by atoms with Gasteiger partial charge in [0.2, 0.25) is 0 Å². The Bertz CT molecular complexity index is 306. The zero-order valence-corrected chi connectivity index (χ0v) is 9.43. The number of hydrogen-bond donors (Lipinski definition) is 1. The van der Waals surface area contributed by atoms with Crippen molar-refractivity contribution in [1.82, 2.24) is 0 Å². The van der Waals surface area contributed by atoms with Crippen LogP contribution in [0.3, 0.4) is 0 Å². The van der Waals surface area contributed by atoms with Gasteiger partial charge in [-0.25, -0.2) is 4.79 Å². The summed E-state index contributed by atoms with van der Waals surface area (Å²) in [6, 6.07) is 0. The quantitative estimate of drug-likeness (QED) is 0.667. The molecule has 0 aromatic carbocycles. The largest absolute Gasteiger partial charge is 0.458 e. The first kappa shape index (κ1) is 10.7. The van der Waals surface area contributed by atoms with Gasteiger partial charge in [0.25, 0.3) is 0 Å². The van der Waals surface area contributed by atoms with Crippen LogP contribution in [0.25, 0.3) is 0 Å². The van der Waals surface area contributed by atoms with Crippen molar-refractivity contribution in [2.24, 2.45) is 17.8 Å². The molecule has 0 spiro atoms. The van der Waals surface area contributed by atoms with E-state index in [-0.39, 0.29) is 30.0 Å². The molecule has 0 aromatic heterocycles. The van der Waals surface area contributed by atoms with Crippen molar-refractivity contribution in [1.29, 1.82) is 0 Å². The predicted molar refractivity (Wildman–Crippen MR) is 56.1 cm³/mol. The highest BCUT2D eigenvalue weighted by atomic mass is 16.5. The van der Waals surface area contributed by atoms with Gasteiger partial charge in [-0.1, -0.05) is 19.9 Å². The summed E-state index contributed by atoms with van der Waals surface area (Å²) in [6.07, 6.45) is 2.23. The Morgan fingerprint density at radius 3 is 2.80 bits per heavy atom. The SMILES string of the molecule is CC1=C[C@H]2C[C@@H](O)[C@H](C(C)C)[C@H]2OC1=O. The third-order valence-electron chi connectivity index (χ3n) is 3.56. The summed E-state index contributed by atoms with van der Waals surface area (Å²) in [6.45, 7) is 5.90. The molecule has 1 fully saturated rings. The first-order valence-electron chi connectivity index (χ1n) is 5.58. The van der Waals surface area contributed by atoms with Gasteiger partial charge in [0.05, 0.1) is 6.10 Å². The smallest absolute Gasteiger partial charge is 0.333 e. The van der Waals surface area contributed by atoms with E-state index in [2.05, 4.69) is 13.8 Å². The lowest BCUT2D eigenvalue weighted by atomic mass is 9.88. The predicted octanol–water partition coefficient (Wildman–Crippen LogP) is 1.51. The Hall–Kier alpha value is -0.830. The molecule has 1 aliphatic carbocycles. The molecule has 0 aromatic rings. The van der Waals surface area contributed by atoms with Crippen molar-refractivity contribution in [3.8, 4) is 0 Å². The van der Waals surface area contributed by atoms with Crippen molar-refractivity contribution in [3.63, 3.8) is 0 Å². The minimum atomic E-state index is -0.338. The highest BCUT2D eigenvalue weighted by Gasteiger charge is 2.47. The molecule has 0 radical (unpaired) electrons. The van der Waals surface area contributed by atoms with E-state index < -0.39 is 0 Å². The molecular formula is C12H18O3. The van der Waals surface area contributed by atoms with Gasteiger partial charge in [-0.15, -0.1) is 0 Å². The Morgan fingerprint density at radius 2 is 2.20 bits per heavy atom. The van der Waals surface area contributed by atoms with E-state index >= 15 is 0 Å². The normalized spacial score (nSPS) is 40.1. The van der Waals surface area contributed by atoms with Gasteiger partial charge < -0.3 is 9.84 Å². The van der Waals surface area contributed by atoms with Crippen LogP contribution in [0.5, 0.6) is 0 Å². The first-order valence-corrected chi connectivity index (χ1v) is 5.58. The Labute approximate surface area is 90.1 Å². The Morgan fingerprint density at radius 1 is 1.53 bits per heavy atom. The second kappa shape index (κ2) is 3.63. The number of esters is 1. The van der Waals surface area contributed by atoms with Gasteiger partial charge in [0.15, 0.2) is 0 Å². The molecule has 1 N–H and O–H groups in total. The number of hydrogen-bond acceptors (Lipinski definition) is 3. The summed E-state index contributed by atoms with van der Waals surface area (Å²) in [5.41, 5.74) is 0.674. The van der Waals surface area contributed by atoms with Crippen LogP contribution >= 0.6 is 0 Å². The number of rotatable bonds is 1. The second-order valence-electron chi connectivity index (χ2n) is 5.01. The second-order valence-corrected chi connectivity index (χ2v) is 5.01. The van der Waals surface area contributed by atoms with Crippen molar-refractivity contribution in [2.45, 2.75) is 39.4 Å². The fourth-order valence-corrected chi connectivity index (χ4v) is 2.83. The maximum absolute atomic E-state index is 11.4.